The van der Waals surface area contributed by atoms with Crippen LogP contribution in [0.5, 0.6) is 0 Å². The van der Waals surface area contributed by atoms with Crippen LogP contribution < -0.4 is 5.32 Å². The van der Waals surface area contributed by atoms with Gasteiger partial charge in [0, 0.05) is 30.9 Å². The average Bonchev–Trinajstić information content (AvgIpc) is 2.30. The Morgan fingerprint density at radius 2 is 2.24 bits per heavy atom. The van der Waals surface area contributed by atoms with Crippen LogP contribution >= 0.6 is 15.9 Å². The molecule has 0 atom stereocenters. The molecule has 17 heavy (non-hydrogen) atoms. The SMILES string of the molecule is COCCOCCCNc1ncc(Br)cc1F. The summed E-state index contributed by atoms with van der Waals surface area (Å²) in [4.78, 5) is 3.93. The van der Waals surface area contributed by atoms with Crippen LogP contribution in [-0.2, 0) is 9.47 Å². The highest BCUT2D eigenvalue weighted by molar-refractivity contribution is 9.10. The van der Waals surface area contributed by atoms with E-state index in [9.17, 15) is 4.39 Å². The predicted octanol–water partition coefficient (Wildman–Crippen LogP) is 2.45. The summed E-state index contributed by atoms with van der Waals surface area (Å²) in [7, 11) is 1.63. The molecule has 1 aromatic heterocycles. The summed E-state index contributed by atoms with van der Waals surface area (Å²) < 4.78 is 24.1. The Morgan fingerprint density at radius 1 is 1.41 bits per heavy atom. The molecule has 0 fully saturated rings. The van der Waals surface area contributed by atoms with E-state index in [0.29, 0.717) is 30.8 Å². The Bertz CT molecular complexity index is 339. The summed E-state index contributed by atoms with van der Waals surface area (Å²) >= 11 is 3.15. The second kappa shape index (κ2) is 8.38. The standard InChI is InChI=1S/C11H16BrFN2O2/c1-16-5-6-17-4-2-3-14-11-10(13)7-9(12)8-15-11/h7-8H,2-6H2,1H3,(H,14,15). The predicted molar refractivity (Wildman–Crippen MR) is 67.7 cm³/mol. The molecule has 96 valence electrons. The van der Waals surface area contributed by atoms with Crippen molar-refractivity contribution >= 4 is 21.7 Å². The van der Waals surface area contributed by atoms with E-state index in [1.165, 1.54) is 6.07 Å². The first-order valence-corrected chi connectivity index (χ1v) is 6.15. The van der Waals surface area contributed by atoms with E-state index in [-0.39, 0.29) is 11.6 Å². The first-order chi connectivity index (χ1) is 8.24. The van der Waals surface area contributed by atoms with Gasteiger partial charge in [-0.15, -0.1) is 0 Å². The minimum absolute atomic E-state index is 0.269. The largest absolute Gasteiger partial charge is 0.382 e. The van der Waals surface area contributed by atoms with E-state index in [4.69, 9.17) is 9.47 Å². The van der Waals surface area contributed by atoms with E-state index in [1.54, 1.807) is 13.3 Å². The number of aromatic nitrogens is 1. The molecule has 1 aromatic rings. The van der Waals surface area contributed by atoms with Gasteiger partial charge in [-0.3, -0.25) is 0 Å². The van der Waals surface area contributed by atoms with Crippen molar-refractivity contribution in [3.05, 3.63) is 22.6 Å². The summed E-state index contributed by atoms with van der Waals surface area (Å²) in [6.45, 7) is 2.42. The van der Waals surface area contributed by atoms with E-state index in [2.05, 4.69) is 26.2 Å². The van der Waals surface area contributed by atoms with Crippen LogP contribution in [0.3, 0.4) is 0 Å². The van der Waals surface area contributed by atoms with Crippen molar-refractivity contribution in [3.8, 4) is 0 Å². The zero-order chi connectivity index (χ0) is 12.5. The lowest BCUT2D eigenvalue weighted by Gasteiger charge is -2.07. The molecule has 0 radical (unpaired) electrons. The van der Waals surface area contributed by atoms with Crippen LogP contribution in [0.4, 0.5) is 10.2 Å². The highest BCUT2D eigenvalue weighted by atomic mass is 79.9. The molecule has 0 unspecified atom stereocenters. The lowest BCUT2D eigenvalue weighted by Crippen LogP contribution is -2.10. The van der Waals surface area contributed by atoms with Crippen LogP contribution in [0, 0.1) is 5.82 Å². The van der Waals surface area contributed by atoms with Gasteiger partial charge < -0.3 is 14.8 Å². The molecule has 1 rings (SSSR count). The highest BCUT2D eigenvalue weighted by Crippen LogP contribution is 2.15. The van der Waals surface area contributed by atoms with Gasteiger partial charge in [-0.1, -0.05) is 0 Å². The zero-order valence-corrected chi connectivity index (χ0v) is 11.3. The van der Waals surface area contributed by atoms with Crippen LogP contribution in [0.1, 0.15) is 6.42 Å². The number of anilines is 1. The topological polar surface area (TPSA) is 43.4 Å². The van der Waals surface area contributed by atoms with Gasteiger partial charge in [0.05, 0.1) is 13.2 Å². The van der Waals surface area contributed by atoms with Gasteiger partial charge in [-0.25, -0.2) is 9.37 Å². The minimum atomic E-state index is -0.361. The number of methoxy groups -OCH3 is 1. The Labute approximate surface area is 109 Å². The van der Waals surface area contributed by atoms with E-state index >= 15 is 0 Å². The molecule has 0 spiro atoms. The van der Waals surface area contributed by atoms with E-state index < -0.39 is 0 Å². The van der Waals surface area contributed by atoms with Crippen molar-refractivity contribution in [3.63, 3.8) is 0 Å². The fraction of sp³-hybridized carbons (Fsp3) is 0.545. The second-order valence-electron chi connectivity index (χ2n) is 3.37. The lowest BCUT2D eigenvalue weighted by atomic mass is 10.4. The zero-order valence-electron chi connectivity index (χ0n) is 9.71. The van der Waals surface area contributed by atoms with Gasteiger partial charge in [0.15, 0.2) is 11.6 Å². The van der Waals surface area contributed by atoms with Crippen molar-refractivity contribution in [2.45, 2.75) is 6.42 Å². The number of hydrogen-bond acceptors (Lipinski definition) is 4. The van der Waals surface area contributed by atoms with Crippen LogP contribution in [-0.4, -0.2) is 38.5 Å². The summed E-state index contributed by atoms with van der Waals surface area (Å²) in [5.74, 6) is -0.0928. The van der Waals surface area contributed by atoms with Gasteiger partial charge in [-0.05, 0) is 28.4 Å². The molecule has 0 amide bonds. The Hall–Kier alpha value is -0.720. The minimum Gasteiger partial charge on any atom is -0.382 e. The molecule has 6 heteroatoms. The third-order valence-corrected chi connectivity index (χ3v) is 2.43. The molecule has 0 bridgehead atoms. The molecular weight excluding hydrogens is 291 g/mol. The van der Waals surface area contributed by atoms with E-state index in [1.807, 2.05) is 0 Å². The average molecular weight is 307 g/mol. The van der Waals surface area contributed by atoms with Gasteiger partial charge in [0.25, 0.3) is 0 Å². The summed E-state index contributed by atoms with van der Waals surface area (Å²) in [5, 5.41) is 2.91. The molecule has 4 nitrogen and oxygen atoms in total. The van der Waals surface area contributed by atoms with Gasteiger partial charge in [0.1, 0.15) is 0 Å². The molecule has 0 aliphatic heterocycles. The second-order valence-corrected chi connectivity index (χ2v) is 4.29. The highest BCUT2D eigenvalue weighted by Gasteiger charge is 2.02. The molecule has 0 aromatic carbocycles. The quantitative estimate of drug-likeness (QED) is 0.749. The Balaban J connectivity index is 2.14. The maximum absolute atomic E-state index is 13.3. The van der Waals surface area contributed by atoms with Gasteiger partial charge in [-0.2, -0.15) is 0 Å². The van der Waals surface area contributed by atoms with Gasteiger partial charge in [0.2, 0.25) is 0 Å². The monoisotopic (exact) mass is 306 g/mol. The first kappa shape index (κ1) is 14.3. The summed E-state index contributed by atoms with van der Waals surface area (Å²) in [5.41, 5.74) is 0. The fourth-order valence-electron chi connectivity index (χ4n) is 1.17. The number of ether oxygens (including phenoxy) is 2. The van der Waals surface area contributed by atoms with Crippen molar-refractivity contribution in [1.29, 1.82) is 0 Å². The number of halogens is 2. The van der Waals surface area contributed by atoms with Crippen molar-refractivity contribution < 1.29 is 13.9 Å². The molecule has 0 saturated heterocycles. The van der Waals surface area contributed by atoms with E-state index in [0.717, 1.165) is 6.42 Å². The first-order valence-electron chi connectivity index (χ1n) is 5.35. The maximum Gasteiger partial charge on any atom is 0.166 e. The van der Waals surface area contributed by atoms with Crippen molar-refractivity contribution in [2.24, 2.45) is 0 Å². The number of pyridine rings is 1. The Kier molecular flexibility index (Phi) is 7.07. The third kappa shape index (κ3) is 5.95. The molecule has 0 saturated carbocycles. The fourth-order valence-corrected chi connectivity index (χ4v) is 1.47. The van der Waals surface area contributed by atoms with Crippen molar-refractivity contribution in [2.75, 3.05) is 38.8 Å². The number of nitrogens with one attached hydrogen (secondary N) is 1. The van der Waals surface area contributed by atoms with Gasteiger partial charge >= 0.3 is 0 Å². The Morgan fingerprint density at radius 3 is 2.94 bits per heavy atom. The number of nitrogens with zero attached hydrogens (tertiary/aromatic N) is 1. The smallest absolute Gasteiger partial charge is 0.166 e. The molecular formula is C11H16BrFN2O2. The summed E-state index contributed by atoms with van der Waals surface area (Å²) in [6.07, 6.45) is 2.35. The lowest BCUT2D eigenvalue weighted by molar-refractivity contribution is 0.0705. The molecule has 1 N–H and O–H groups in total. The summed E-state index contributed by atoms with van der Waals surface area (Å²) in [6, 6.07) is 1.38. The third-order valence-electron chi connectivity index (χ3n) is 2.00. The molecule has 0 aliphatic rings. The normalized spacial score (nSPS) is 10.5. The molecule has 0 aliphatic carbocycles. The van der Waals surface area contributed by atoms with Crippen LogP contribution in [0.2, 0.25) is 0 Å². The molecule has 1 heterocycles. The van der Waals surface area contributed by atoms with Crippen LogP contribution in [0.25, 0.3) is 0 Å². The van der Waals surface area contributed by atoms with Crippen molar-refractivity contribution in [1.82, 2.24) is 4.98 Å². The maximum atomic E-state index is 13.3. The number of rotatable bonds is 8. The number of hydrogen-bond donors (Lipinski definition) is 1. The van der Waals surface area contributed by atoms with Crippen LogP contribution in [0.15, 0.2) is 16.7 Å².